The summed E-state index contributed by atoms with van der Waals surface area (Å²) in [6.07, 6.45) is 14.3. The Kier molecular flexibility index (Phi) is 9.59. The first kappa shape index (κ1) is 30.3. The van der Waals surface area contributed by atoms with Gasteiger partial charge in [0.05, 0.1) is 12.1 Å². The van der Waals surface area contributed by atoms with E-state index in [1.165, 1.54) is 69.8 Å². The monoisotopic (exact) mass is 588 g/mol. The highest BCUT2D eigenvalue weighted by Crippen LogP contribution is 2.35. The number of fused-ring (bicyclic) bond motifs is 2. The number of unbranched alkanes of at least 4 members (excludes halogenated alkanes) is 1. The summed E-state index contributed by atoms with van der Waals surface area (Å²) in [6, 6.07) is 25.0. The van der Waals surface area contributed by atoms with E-state index >= 15 is 0 Å². The lowest BCUT2D eigenvalue weighted by Crippen LogP contribution is -2.22. The average Bonchev–Trinajstić information content (AvgIpc) is 3.39. The normalized spacial score (nSPS) is 18.9. The van der Waals surface area contributed by atoms with Gasteiger partial charge in [-0.05, 0) is 72.1 Å². The van der Waals surface area contributed by atoms with Crippen LogP contribution in [0.4, 0.5) is 11.5 Å². The van der Waals surface area contributed by atoms with Crippen molar-refractivity contribution < 1.29 is 4.79 Å². The van der Waals surface area contributed by atoms with E-state index in [9.17, 15) is 4.79 Å². The fraction of sp³-hybridized carbons (Fsp3) is 0.462. The van der Waals surface area contributed by atoms with Crippen LogP contribution in [0.2, 0.25) is 0 Å². The molecule has 1 unspecified atom stereocenters. The zero-order chi connectivity index (χ0) is 30.5. The average molecular weight is 589 g/mol. The molecule has 1 fully saturated rings. The van der Waals surface area contributed by atoms with E-state index < -0.39 is 0 Å². The third kappa shape index (κ3) is 6.98. The Morgan fingerprint density at radius 3 is 2.23 bits per heavy atom. The minimum Gasteiger partial charge on any atom is -0.362 e. The summed E-state index contributed by atoms with van der Waals surface area (Å²) in [6.45, 7) is 3.02. The van der Waals surface area contributed by atoms with E-state index in [0.717, 1.165) is 57.6 Å². The van der Waals surface area contributed by atoms with Crippen molar-refractivity contribution in [1.82, 2.24) is 9.97 Å². The van der Waals surface area contributed by atoms with Crippen LogP contribution in [0.25, 0.3) is 10.9 Å². The van der Waals surface area contributed by atoms with E-state index in [2.05, 4.69) is 80.5 Å². The predicted molar refractivity (Wildman–Crippen MR) is 183 cm³/mol. The number of aryl methyl sites for hydroxylation is 1. The molecule has 1 saturated carbocycles. The lowest BCUT2D eigenvalue weighted by Gasteiger charge is -2.28. The van der Waals surface area contributed by atoms with Gasteiger partial charge in [0.2, 0.25) is 0 Å². The molecule has 230 valence electrons. The van der Waals surface area contributed by atoms with Crippen LogP contribution in [0.15, 0.2) is 72.8 Å². The van der Waals surface area contributed by atoms with E-state index in [4.69, 9.17) is 9.97 Å². The molecule has 4 aromatic rings. The first-order chi connectivity index (χ1) is 21.5. The second-order valence-corrected chi connectivity index (χ2v) is 13.5. The lowest BCUT2D eigenvalue weighted by molar-refractivity contribution is 0.0996. The number of hydrogen-bond donors (Lipinski definition) is 0. The number of nitrogens with zero attached hydrogens (tertiary/aromatic N) is 4. The van der Waals surface area contributed by atoms with Crippen LogP contribution in [0.3, 0.4) is 0 Å². The highest BCUT2D eigenvalue weighted by Gasteiger charge is 2.28. The smallest absolute Gasteiger partial charge is 0.258 e. The molecule has 0 N–H and O–H groups in total. The van der Waals surface area contributed by atoms with Crippen LogP contribution >= 0.6 is 0 Å². The maximum atomic E-state index is 12.8. The summed E-state index contributed by atoms with van der Waals surface area (Å²) in [5, 5.41) is 1.13. The highest BCUT2D eigenvalue weighted by atomic mass is 16.2. The van der Waals surface area contributed by atoms with Crippen molar-refractivity contribution in [3.8, 4) is 0 Å². The molecular weight excluding hydrogens is 540 g/mol. The Morgan fingerprint density at radius 2 is 1.50 bits per heavy atom. The van der Waals surface area contributed by atoms with Crippen molar-refractivity contribution in [2.75, 3.05) is 23.9 Å². The molecule has 0 spiro atoms. The van der Waals surface area contributed by atoms with Crippen molar-refractivity contribution in [3.63, 3.8) is 0 Å². The molecule has 1 atom stereocenters. The van der Waals surface area contributed by atoms with Gasteiger partial charge in [0, 0.05) is 37.2 Å². The van der Waals surface area contributed by atoms with E-state index in [1.807, 2.05) is 23.1 Å². The second kappa shape index (κ2) is 13.9. The summed E-state index contributed by atoms with van der Waals surface area (Å²) in [7, 11) is 4.13. The first-order valence-electron chi connectivity index (χ1n) is 16.9. The van der Waals surface area contributed by atoms with Gasteiger partial charge in [-0.1, -0.05) is 101 Å². The van der Waals surface area contributed by atoms with Crippen molar-refractivity contribution >= 4 is 28.3 Å². The molecule has 0 bridgehead atoms. The standard InChI is InChI=1S/C39H48N4O/c1-28(31-23-25-33(26-24-31)43-27-32-14-6-7-15-34(32)39(43)44)11-4-5-12-29-19-21-30(22-20-29)13-10-18-37-40-36-17-9-8-16-35(36)38(41-37)42(2)3/h6-9,14-17,23-26,28-30H,4-5,10-13,18-22,27H2,1-3H3. The molecule has 44 heavy (non-hydrogen) atoms. The molecule has 2 aliphatic rings. The van der Waals surface area contributed by atoms with Gasteiger partial charge in [0.15, 0.2) is 0 Å². The molecule has 1 aliphatic carbocycles. The zero-order valence-corrected chi connectivity index (χ0v) is 26.8. The fourth-order valence-corrected chi connectivity index (χ4v) is 7.41. The number of aromatic nitrogens is 2. The minimum absolute atomic E-state index is 0.116. The Bertz CT molecular complexity index is 1550. The molecular formula is C39H48N4O. The Labute approximate surface area is 263 Å². The molecule has 2 heterocycles. The molecule has 5 nitrogen and oxygen atoms in total. The Morgan fingerprint density at radius 1 is 0.818 bits per heavy atom. The van der Waals surface area contributed by atoms with Crippen LogP contribution in [-0.2, 0) is 13.0 Å². The first-order valence-corrected chi connectivity index (χ1v) is 16.9. The molecule has 0 saturated heterocycles. The lowest BCUT2D eigenvalue weighted by atomic mass is 9.78. The van der Waals surface area contributed by atoms with Gasteiger partial charge >= 0.3 is 0 Å². The number of carbonyl (C=O) groups is 1. The Hall–Kier alpha value is -3.73. The van der Waals surface area contributed by atoms with Gasteiger partial charge in [-0.25, -0.2) is 9.97 Å². The topological polar surface area (TPSA) is 49.3 Å². The molecule has 1 amide bonds. The van der Waals surface area contributed by atoms with Gasteiger partial charge in [-0.3, -0.25) is 4.79 Å². The summed E-state index contributed by atoms with van der Waals surface area (Å²) in [5.74, 6) is 4.46. The third-order valence-electron chi connectivity index (χ3n) is 10.1. The number of para-hydroxylation sites is 1. The van der Waals surface area contributed by atoms with Gasteiger partial charge in [-0.2, -0.15) is 0 Å². The predicted octanol–water partition coefficient (Wildman–Crippen LogP) is 9.35. The fourth-order valence-electron chi connectivity index (χ4n) is 7.41. The molecule has 5 heteroatoms. The van der Waals surface area contributed by atoms with E-state index in [-0.39, 0.29) is 5.91 Å². The zero-order valence-electron chi connectivity index (χ0n) is 26.8. The van der Waals surface area contributed by atoms with Crippen LogP contribution in [-0.4, -0.2) is 30.0 Å². The summed E-state index contributed by atoms with van der Waals surface area (Å²) < 4.78 is 0. The van der Waals surface area contributed by atoms with Crippen molar-refractivity contribution in [2.24, 2.45) is 11.8 Å². The molecule has 1 aliphatic heterocycles. The number of anilines is 2. The minimum atomic E-state index is 0.116. The van der Waals surface area contributed by atoms with E-state index in [0.29, 0.717) is 12.5 Å². The number of rotatable bonds is 12. The van der Waals surface area contributed by atoms with Crippen molar-refractivity contribution in [2.45, 2.75) is 90.0 Å². The van der Waals surface area contributed by atoms with Crippen molar-refractivity contribution in [3.05, 3.63) is 95.3 Å². The van der Waals surface area contributed by atoms with Crippen LogP contribution in [0.5, 0.6) is 0 Å². The van der Waals surface area contributed by atoms with Crippen LogP contribution in [0, 0.1) is 11.8 Å². The second-order valence-electron chi connectivity index (χ2n) is 13.5. The number of benzene rings is 3. The largest absolute Gasteiger partial charge is 0.362 e. The third-order valence-corrected chi connectivity index (χ3v) is 10.1. The maximum absolute atomic E-state index is 12.8. The SMILES string of the molecule is CC(CCCCC1CCC(CCCc2nc(N(C)C)c3ccccc3n2)CC1)c1ccc(N2Cc3ccccc3C2=O)cc1. The Balaban J connectivity index is 0.878. The summed E-state index contributed by atoms with van der Waals surface area (Å²) in [5.41, 5.74) is 5.39. The quantitative estimate of drug-likeness (QED) is 0.155. The van der Waals surface area contributed by atoms with Gasteiger partial charge in [-0.15, -0.1) is 0 Å². The highest BCUT2D eigenvalue weighted by molar-refractivity contribution is 6.09. The molecule has 6 rings (SSSR count). The van der Waals surface area contributed by atoms with Crippen LogP contribution in [0.1, 0.15) is 104 Å². The van der Waals surface area contributed by atoms with Crippen LogP contribution < -0.4 is 9.80 Å². The van der Waals surface area contributed by atoms with Gasteiger partial charge in [0.1, 0.15) is 11.6 Å². The number of carbonyl (C=O) groups excluding carboxylic acids is 1. The van der Waals surface area contributed by atoms with Gasteiger partial charge in [0.25, 0.3) is 5.91 Å². The van der Waals surface area contributed by atoms with Crippen molar-refractivity contribution in [1.29, 1.82) is 0 Å². The molecule has 0 radical (unpaired) electrons. The molecule has 3 aromatic carbocycles. The number of amides is 1. The summed E-state index contributed by atoms with van der Waals surface area (Å²) >= 11 is 0. The number of hydrogen-bond acceptors (Lipinski definition) is 4. The maximum Gasteiger partial charge on any atom is 0.258 e. The molecule has 1 aromatic heterocycles. The van der Waals surface area contributed by atoms with Gasteiger partial charge < -0.3 is 9.80 Å². The van der Waals surface area contributed by atoms with E-state index in [1.54, 1.807) is 0 Å². The summed E-state index contributed by atoms with van der Waals surface area (Å²) in [4.78, 5) is 26.6.